The van der Waals surface area contributed by atoms with Gasteiger partial charge in [0.15, 0.2) is 0 Å². The lowest BCUT2D eigenvalue weighted by Gasteiger charge is -2.18. The number of thiol groups is 1. The smallest absolute Gasteiger partial charge is 0.378 e. The van der Waals surface area contributed by atoms with Gasteiger partial charge in [0.2, 0.25) is 0 Å². The molecule has 0 radical (unpaired) electrons. The van der Waals surface area contributed by atoms with Crippen LogP contribution >= 0.6 is 12.9 Å². The molecule has 0 bridgehead atoms. The van der Waals surface area contributed by atoms with Crippen LogP contribution in [0.15, 0.2) is 0 Å². The Hall–Kier alpha value is -0.520. The van der Waals surface area contributed by atoms with E-state index in [4.69, 9.17) is 0 Å². The van der Waals surface area contributed by atoms with Gasteiger partial charge in [-0.05, 0) is 12.8 Å². The molecule has 3 nitrogen and oxygen atoms in total. The van der Waals surface area contributed by atoms with Crippen LogP contribution in [0.3, 0.4) is 0 Å². The number of amides is 1. The Morgan fingerprint density at radius 2 is 2.25 bits per heavy atom. The van der Waals surface area contributed by atoms with Crippen molar-refractivity contribution < 1.29 is 17.8 Å². The Balaban J connectivity index is 2.42. The highest BCUT2D eigenvalue weighted by molar-refractivity contribution is 7.75. The zero-order valence-electron chi connectivity index (χ0n) is 6.24. The van der Waals surface area contributed by atoms with Crippen LogP contribution in [0, 0.1) is 0 Å². The van der Waals surface area contributed by atoms with Gasteiger partial charge in [-0.2, -0.15) is 0 Å². The van der Waals surface area contributed by atoms with Crippen molar-refractivity contribution in [3.05, 3.63) is 0 Å². The van der Waals surface area contributed by atoms with Crippen molar-refractivity contribution in [1.82, 2.24) is 4.90 Å². The molecule has 0 atom stereocenters. The van der Waals surface area contributed by atoms with Gasteiger partial charge in [-0.1, -0.05) is 0 Å². The topological polar surface area (TPSA) is 29.5 Å². The Kier molecular flexibility index (Phi) is 3.13. The summed E-state index contributed by atoms with van der Waals surface area (Å²) in [4.78, 5) is 11.8. The highest BCUT2D eigenvalue weighted by Crippen LogP contribution is 2.28. The van der Waals surface area contributed by atoms with Crippen LogP contribution < -0.4 is 0 Å². The number of hydrogen-bond donors (Lipinski definition) is 1. The van der Waals surface area contributed by atoms with Gasteiger partial charge in [-0.3, -0.25) is 4.90 Å². The molecule has 0 aromatic rings. The number of carbonyl (C=O) groups excluding carboxylic acids is 1. The van der Waals surface area contributed by atoms with E-state index in [0.29, 0.717) is 0 Å². The third-order valence-electron chi connectivity index (χ3n) is 1.63. The van der Waals surface area contributed by atoms with E-state index in [-0.39, 0.29) is 6.04 Å². The zero-order chi connectivity index (χ0) is 9.14. The molecule has 0 spiro atoms. The van der Waals surface area contributed by atoms with Gasteiger partial charge in [0.05, 0.1) is 6.54 Å². The normalized spacial score (nSPS) is 16.3. The van der Waals surface area contributed by atoms with Gasteiger partial charge in [0.25, 0.3) is 6.43 Å². The number of alkyl halides is 2. The first-order valence-corrected chi connectivity index (χ1v) is 3.92. The Labute approximate surface area is 74.3 Å². The lowest BCUT2D eigenvalue weighted by molar-refractivity contribution is 0.0829. The van der Waals surface area contributed by atoms with E-state index >= 15 is 0 Å². The number of carbonyl (C=O) groups is 1. The SMILES string of the molecule is O=C(OS)N(CC(F)F)C1CC1. The van der Waals surface area contributed by atoms with E-state index in [2.05, 4.69) is 17.1 Å². The minimum absolute atomic E-state index is 0.0707. The second-order valence-electron chi connectivity index (χ2n) is 2.63. The fraction of sp³-hybridized carbons (Fsp3) is 0.833. The third kappa shape index (κ3) is 2.51. The Morgan fingerprint density at radius 3 is 2.58 bits per heavy atom. The van der Waals surface area contributed by atoms with Gasteiger partial charge in [0.1, 0.15) is 0 Å². The fourth-order valence-corrected chi connectivity index (χ4v) is 1.06. The van der Waals surface area contributed by atoms with Crippen LogP contribution in [0.25, 0.3) is 0 Å². The molecular formula is C6H9F2NO2S. The largest absolute Gasteiger partial charge is 0.422 e. The van der Waals surface area contributed by atoms with Crippen LogP contribution in [0.5, 0.6) is 0 Å². The van der Waals surface area contributed by atoms with Crippen molar-refractivity contribution in [2.75, 3.05) is 6.54 Å². The summed E-state index contributed by atoms with van der Waals surface area (Å²) in [7, 11) is 0. The first-order chi connectivity index (χ1) is 5.65. The molecule has 0 heterocycles. The standard InChI is InChI=1S/C6H9F2NO2S/c7-5(8)3-9(4-1-2-4)6(10)11-12/h4-5,12H,1-3H2. The fourth-order valence-electron chi connectivity index (χ4n) is 0.960. The van der Waals surface area contributed by atoms with Gasteiger partial charge in [-0.25, -0.2) is 13.6 Å². The summed E-state index contributed by atoms with van der Waals surface area (Å²) in [5.41, 5.74) is 0. The van der Waals surface area contributed by atoms with Crippen LogP contribution in [0.4, 0.5) is 13.6 Å². The molecule has 0 aromatic heterocycles. The summed E-state index contributed by atoms with van der Waals surface area (Å²) in [6.07, 6.45) is -1.76. The van der Waals surface area contributed by atoms with Crippen molar-refractivity contribution in [3.63, 3.8) is 0 Å². The van der Waals surface area contributed by atoms with Crippen molar-refractivity contribution >= 4 is 19.0 Å². The second kappa shape index (κ2) is 3.93. The summed E-state index contributed by atoms with van der Waals surface area (Å²) >= 11 is 3.26. The molecule has 1 rings (SSSR count). The molecule has 1 amide bonds. The summed E-state index contributed by atoms with van der Waals surface area (Å²) in [6.45, 7) is -0.565. The molecule has 0 unspecified atom stereocenters. The van der Waals surface area contributed by atoms with E-state index in [0.717, 1.165) is 17.7 Å². The maximum atomic E-state index is 11.9. The summed E-state index contributed by atoms with van der Waals surface area (Å²) in [6, 6.07) is -0.0707. The monoisotopic (exact) mass is 197 g/mol. The summed E-state index contributed by atoms with van der Waals surface area (Å²) in [5.74, 6) is 0. The molecule has 0 aromatic carbocycles. The average Bonchev–Trinajstić information content (AvgIpc) is 2.81. The van der Waals surface area contributed by atoms with E-state index in [9.17, 15) is 13.6 Å². The van der Waals surface area contributed by atoms with Crippen LogP contribution in [0.2, 0.25) is 0 Å². The number of hydrogen-bond acceptors (Lipinski definition) is 3. The molecular weight excluding hydrogens is 188 g/mol. The van der Waals surface area contributed by atoms with Crippen LogP contribution in [-0.2, 0) is 4.18 Å². The maximum Gasteiger partial charge on any atom is 0.422 e. The number of halogens is 2. The lowest BCUT2D eigenvalue weighted by atomic mass is 10.5. The van der Waals surface area contributed by atoms with Gasteiger partial charge in [-0.15, -0.1) is 0 Å². The van der Waals surface area contributed by atoms with E-state index in [1.807, 2.05) is 0 Å². The molecule has 0 aliphatic heterocycles. The predicted molar refractivity (Wildman–Crippen MR) is 41.2 cm³/mol. The van der Waals surface area contributed by atoms with Crippen LogP contribution in [0.1, 0.15) is 12.8 Å². The minimum Gasteiger partial charge on any atom is -0.378 e. The highest BCUT2D eigenvalue weighted by atomic mass is 32.1. The minimum atomic E-state index is -2.52. The summed E-state index contributed by atoms with van der Waals surface area (Å²) in [5, 5.41) is 0. The van der Waals surface area contributed by atoms with E-state index in [1.54, 1.807) is 0 Å². The first-order valence-electron chi connectivity index (χ1n) is 3.55. The molecule has 70 valence electrons. The Bertz CT molecular complexity index is 175. The molecule has 12 heavy (non-hydrogen) atoms. The van der Waals surface area contributed by atoms with Gasteiger partial charge >= 0.3 is 6.09 Å². The molecule has 0 saturated heterocycles. The van der Waals surface area contributed by atoms with E-state index < -0.39 is 19.1 Å². The Morgan fingerprint density at radius 1 is 1.67 bits per heavy atom. The highest BCUT2D eigenvalue weighted by Gasteiger charge is 2.34. The number of nitrogens with zero attached hydrogens (tertiary/aromatic N) is 1. The van der Waals surface area contributed by atoms with Crippen molar-refractivity contribution in [3.8, 4) is 0 Å². The molecule has 1 aliphatic carbocycles. The summed E-state index contributed by atoms with van der Waals surface area (Å²) < 4.78 is 27.9. The third-order valence-corrected chi connectivity index (χ3v) is 1.79. The predicted octanol–water partition coefficient (Wildman–Crippen LogP) is 1.70. The van der Waals surface area contributed by atoms with Crippen molar-refractivity contribution in [2.45, 2.75) is 25.3 Å². The lowest BCUT2D eigenvalue weighted by Crippen LogP contribution is -2.36. The molecule has 1 aliphatic rings. The average molecular weight is 197 g/mol. The molecule has 1 saturated carbocycles. The first kappa shape index (κ1) is 9.57. The second-order valence-corrected chi connectivity index (χ2v) is 2.81. The molecule has 0 N–H and O–H groups in total. The maximum absolute atomic E-state index is 11.9. The van der Waals surface area contributed by atoms with Crippen molar-refractivity contribution in [1.29, 1.82) is 0 Å². The quantitative estimate of drug-likeness (QED) is 0.551. The number of rotatable bonds is 3. The van der Waals surface area contributed by atoms with Crippen LogP contribution in [-0.4, -0.2) is 30.0 Å². The van der Waals surface area contributed by atoms with E-state index in [1.165, 1.54) is 0 Å². The molecule has 6 heteroatoms. The van der Waals surface area contributed by atoms with Gasteiger partial charge < -0.3 is 4.18 Å². The molecule has 1 fully saturated rings. The van der Waals surface area contributed by atoms with Crippen molar-refractivity contribution in [2.24, 2.45) is 0 Å². The zero-order valence-corrected chi connectivity index (χ0v) is 7.14. The van der Waals surface area contributed by atoms with Gasteiger partial charge in [0, 0.05) is 19.0 Å².